The first kappa shape index (κ1) is 12.4. The summed E-state index contributed by atoms with van der Waals surface area (Å²) in [5.41, 5.74) is 0. The van der Waals surface area contributed by atoms with Gasteiger partial charge >= 0.3 is 0 Å². The van der Waals surface area contributed by atoms with E-state index in [9.17, 15) is 0 Å². The lowest BCUT2D eigenvalue weighted by molar-refractivity contribution is 0.450. The monoisotopic (exact) mass is 282 g/mol. The maximum absolute atomic E-state index is 8.78. The van der Waals surface area contributed by atoms with Crippen molar-refractivity contribution in [2.75, 3.05) is 0 Å². The van der Waals surface area contributed by atoms with Crippen LogP contribution in [0.25, 0.3) is 0 Å². The summed E-state index contributed by atoms with van der Waals surface area (Å²) in [6.07, 6.45) is 0. The van der Waals surface area contributed by atoms with E-state index in [-0.39, 0.29) is 11.5 Å². The summed E-state index contributed by atoms with van der Waals surface area (Å²) in [4.78, 5) is 0. The highest BCUT2D eigenvalue weighted by Gasteiger charge is 1.86. The van der Waals surface area contributed by atoms with Crippen molar-refractivity contribution < 1.29 is 15.3 Å². The molecule has 0 saturated carbocycles. The van der Waals surface area contributed by atoms with Gasteiger partial charge in [0.2, 0.25) is 0 Å². The Morgan fingerprint density at radius 1 is 0.688 bits per heavy atom. The zero-order valence-corrected chi connectivity index (χ0v) is 9.92. The molecule has 2 aromatic rings. The molecule has 0 saturated heterocycles. The Labute approximate surface area is 102 Å². The van der Waals surface area contributed by atoms with Gasteiger partial charge < -0.3 is 15.3 Å². The Bertz CT molecular complexity index is 380. The lowest BCUT2D eigenvalue weighted by Gasteiger charge is -1.89. The normalized spacial score (nSPS) is 9.06. The molecule has 0 unspecified atom stereocenters. The average molecular weight is 283 g/mol. The minimum absolute atomic E-state index is 0.0880. The third kappa shape index (κ3) is 4.70. The van der Waals surface area contributed by atoms with E-state index >= 15 is 0 Å². The van der Waals surface area contributed by atoms with Gasteiger partial charge in [0.15, 0.2) is 0 Å². The number of benzene rings is 2. The van der Waals surface area contributed by atoms with Gasteiger partial charge in [-0.2, -0.15) is 0 Å². The highest BCUT2D eigenvalue weighted by molar-refractivity contribution is 9.10. The first-order valence-corrected chi connectivity index (χ1v) is 5.30. The van der Waals surface area contributed by atoms with Crippen molar-refractivity contribution >= 4 is 15.9 Å². The summed E-state index contributed by atoms with van der Waals surface area (Å²) >= 11 is 3.20. The molecule has 0 bridgehead atoms. The van der Waals surface area contributed by atoms with Crippen molar-refractivity contribution in [3.05, 3.63) is 53.0 Å². The van der Waals surface area contributed by atoms with Gasteiger partial charge in [-0.25, -0.2) is 0 Å². The van der Waals surface area contributed by atoms with Gasteiger partial charge in [-0.3, -0.25) is 0 Å². The van der Waals surface area contributed by atoms with E-state index in [1.54, 1.807) is 24.3 Å². The molecule has 2 rings (SSSR count). The first-order valence-electron chi connectivity index (χ1n) is 4.50. The minimum Gasteiger partial charge on any atom is -0.508 e. The molecular formula is C12H11BrO3. The molecule has 4 heteroatoms. The van der Waals surface area contributed by atoms with E-state index in [1.165, 1.54) is 18.2 Å². The fraction of sp³-hybridized carbons (Fsp3) is 0. The summed E-state index contributed by atoms with van der Waals surface area (Å²) in [6, 6.07) is 12.8. The van der Waals surface area contributed by atoms with Crippen LogP contribution in [0.2, 0.25) is 0 Å². The van der Waals surface area contributed by atoms with Crippen LogP contribution in [0.3, 0.4) is 0 Å². The SMILES string of the molecule is Oc1cccc(Br)c1.Oc1cccc(O)c1. The summed E-state index contributed by atoms with van der Waals surface area (Å²) in [7, 11) is 0. The predicted octanol–water partition coefficient (Wildman–Crippen LogP) is 3.25. The standard InChI is InChI=1S/C6H5BrO.C6H6O2/c2*7-5-2-1-3-6(8)4-5/h1-4,8H;1-4,7-8H. The molecule has 0 aliphatic heterocycles. The summed E-state index contributed by atoms with van der Waals surface area (Å²) in [5.74, 6) is 0.467. The molecular weight excluding hydrogens is 272 g/mol. The average Bonchev–Trinajstić information content (AvgIpc) is 2.17. The topological polar surface area (TPSA) is 60.7 Å². The molecule has 0 aliphatic carbocycles. The summed E-state index contributed by atoms with van der Waals surface area (Å²) in [6.45, 7) is 0. The van der Waals surface area contributed by atoms with E-state index in [4.69, 9.17) is 15.3 Å². The fourth-order valence-electron chi connectivity index (χ4n) is 0.969. The number of hydrogen-bond acceptors (Lipinski definition) is 3. The van der Waals surface area contributed by atoms with Gasteiger partial charge in [-0.15, -0.1) is 0 Å². The zero-order chi connectivity index (χ0) is 12.0. The van der Waals surface area contributed by atoms with Gasteiger partial charge in [0.1, 0.15) is 17.2 Å². The highest BCUT2D eigenvalue weighted by atomic mass is 79.9. The van der Waals surface area contributed by atoms with Crippen LogP contribution in [0.5, 0.6) is 17.2 Å². The Balaban J connectivity index is 0.000000160. The number of aromatic hydroxyl groups is 3. The van der Waals surface area contributed by atoms with Crippen LogP contribution in [0.4, 0.5) is 0 Å². The molecule has 16 heavy (non-hydrogen) atoms. The lowest BCUT2D eigenvalue weighted by Crippen LogP contribution is -1.61. The van der Waals surface area contributed by atoms with Gasteiger partial charge in [0.25, 0.3) is 0 Å². The van der Waals surface area contributed by atoms with Crippen molar-refractivity contribution in [1.82, 2.24) is 0 Å². The molecule has 0 heterocycles. The van der Waals surface area contributed by atoms with E-state index in [1.807, 2.05) is 6.07 Å². The number of halogens is 1. The molecule has 0 aromatic heterocycles. The summed E-state index contributed by atoms with van der Waals surface area (Å²) < 4.78 is 0.900. The van der Waals surface area contributed by atoms with E-state index in [0.717, 1.165) is 4.47 Å². The molecule has 2 aromatic carbocycles. The molecule has 0 fully saturated rings. The molecule has 0 amide bonds. The third-order valence-corrected chi connectivity index (χ3v) is 2.13. The van der Waals surface area contributed by atoms with Crippen molar-refractivity contribution in [3.8, 4) is 17.2 Å². The van der Waals surface area contributed by atoms with Crippen LogP contribution in [-0.4, -0.2) is 15.3 Å². The fourth-order valence-corrected chi connectivity index (χ4v) is 1.36. The largest absolute Gasteiger partial charge is 0.508 e. The molecule has 3 nitrogen and oxygen atoms in total. The molecule has 0 radical (unpaired) electrons. The lowest BCUT2D eigenvalue weighted by atomic mass is 10.3. The Morgan fingerprint density at radius 3 is 1.38 bits per heavy atom. The minimum atomic E-state index is 0.0880. The summed E-state index contributed by atoms with van der Waals surface area (Å²) in [5, 5.41) is 26.1. The maximum atomic E-state index is 8.78. The quantitative estimate of drug-likeness (QED) is 0.695. The van der Waals surface area contributed by atoms with Crippen LogP contribution < -0.4 is 0 Å². The molecule has 0 atom stereocenters. The first-order chi connectivity index (χ1) is 7.58. The van der Waals surface area contributed by atoms with Crippen LogP contribution in [0.15, 0.2) is 53.0 Å². The Hall–Kier alpha value is -1.68. The second-order valence-electron chi connectivity index (χ2n) is 3.00. The predicted molar refractivity (Wildman–Crippen MR) is 65.6 cm³/mol. The second-order valence-corrected chi connectivity index (χ2v) is 3.92. The van der Waals surface area contributed by atoms with Gasteiger partial charge in [-0.05, 0) is 30.3 Å². The maximum Gasteiger partial charge on any atom is 0.119 e. The number of hydrogen-bond donors (Lipinski definition) is 3. The van der Waals surface area contributed by atoms with E-state index in [0.29, 0.717) is 5.75 Å². The number of phenols is 3. The third-order valence-electron chi connectivity index (χ3n) is 1.64. The molecule has 0 aliphatic rings. The molecule has 84 valence electrons. The Kier molecular flexibility index (Phi) is 4.66. The van der Waals surface area contributed by atoms with Crippen LogP contribution in [0.1, 0.15) is 0 Å². The second kappa shape index (κ2) is 6.02. The molecule has 0 spiro atoms. The van der Waals surface area contributed by atoms with E-state index < -0.39 is 0 Å². The van der Waals surface area contributed by atoms with Gasteiger partial charge in [-0.1, -0.05) is 28.1 Å². The number of phenolic OH excluding ortho intramolecular Hbond substituents is 3. The zero-order valence-electron chi connectivity index (χ0n) is 8.34. The smallest absolute Gasteiger partial charge is 0.119 e. The molecule has 3 N–H and O–H groups in total. The van der Waals surface area contributed by atoms with Crippen LogP contribution >= 0.6 is 15.9 Å². The van der Waals surface area contributed by atoms with Crippen LogP contribution in [-0.2, 0) is 0 Å². The number of rotatable bonds is 0. The van der Waals surface area contributed by atoms with Crippen molar-refractivity contribution in [2.24, 2.45) is 0 Å². The van der Waals surface area contributed by atoms with Crippen molar-refractivity contribution in [1.29, 1.82) is 0 Å². The Morgan fingerprint density at radius 2 is 1.12 bits per heavy atom. The highest BCUT2D eigenvalue weighted by Crippen LogP contribution is 2.15. The van der Waals surface area contributed by atoms with Crippen molar-refractivity contribution in [3.63, 3.8) is 0 Å². The van der Waals surface area contributed by atoms with Gasteiger partial charge in [0, 0.05) is 10.5 Å². The van der Waals surface area contributed by atoms with Crippen LogP contribution in [0, 0.1) is 0 Å². The van der Waals surface area contributed by atoms with Gasteiger partial charge in [0.05, 0.1) is 0 Å². The van der Waals surface area contributed by atoms with Crippen molar-refractivity contribution in [2.45, 2.75) is 0 Å². The van der Waals surface area contributed by atoms with E-state index in [2.05, 4.69) is 15.9 Å².